The minimum Gasteiger partial charge on any atom is -0.444 e. The molecule has 1 amide bonds. The maximum Gasteiger partial charge on any atom is 0.410 e. The lowest BCUT2D eigenvalue weighted by Gasteiger charge is -2.27. The molecule has 6 rings (SSSR count). The average molecular weight is 492 g/mol. The van der Waals surface area contributed by atoms with Crippen LogP contribution in [0.25, 0.3) is 22.5 Å². The first kappa shape index (κ1) is 22.5. The van der Waals surface area contributed by atoms with E-state index in [1.54, 1.807) is 4.90 Å². The summed E-state index contributed by atoms with van der Waals surface area (Å²) in [6.07, 6.45) is 6.95. The van der Waals surface area contributed by atoms with Crippen LogP contribution >= 0.6 is 11.6 Å². The van der Waals surface area contributed by atoms with Crippen molar-refractivity contribution < 1.29 is 9.53 Å². The third kappa shape index (κ3) is 3.99. The molecular weight excluding hydrogens is 462 g/mol. The SMILES string of the molecule is CC(C)(C)OC(=O)N1CCC[C@H]1c1ncc(-c2ccc(-c3nnc(Cl)c4c3C3CCC4C3)cc2)[nH]1. The summed E-state index contributed by atoms with van der Waals surface area (Å²) in [6.45, 7) is 6.34. The molecule has 1 aromatic carbocycles. The van der Waals surface area contributed by atoms with Crippen molar-refractivity contribution >= 4 is 17.7 Å². The third-order valence-corrected chi connectivity index (χ3v) is 7.79. The van der Waals surface area contributed by atoms with E-state index in [0.29, 0.717) is 23.5 Å². The highest BCUT2D eigenvalue weighted by atomic mass is 35.5. The summed E-state index contributed by atoms with van der Waals surface area (Å²) in [6, 6.07) is 8.27. The zero-order valence-electron chi connectivity index (χ0n) is 20.3. The van der Waals surface area contributed by atoms with Gasteiger partial charge in [-0.1, -0.05) is 35.9 Å². The molecule has 2 fully saturated rings. The zero-order chi connectivity index (χ0) is 24.3. The van der Waals surface area contributed by atoms with Gasteiger partial charge in [0.05, 0.1) is 23.6 Å². The Morgan fingerprint density at radius 1 is 1.06 bits per heavy atom. The number of hydrogen-bond donors (Lipinski definition) is 1. The van der Waals surface area contributed by atoms with Crippen molar-refractivity contribution in [2.75, 3.05) is 6.54 Å². The molecule has 3 heterocycles. The van der Waals surface area contributed by atoms with Gasteiger partial charge >= 0.3 is 6.09 Å². The molecule has 35 heavy (non-hydrogen) atoms. The van der Waals surface area contributed by atoms with E-state index in [0.717, 1.165) is 41.2 Å². The van der Waals surface area contributed by atoms with Gasteiger partial charge in [0.1, 0.15) is 11.4 Å². The van der Waals surface area contributed by atoms with Crippen LogP contribution in [0.5, 0.6) is 0 Å². The van der Waals surface area contributed by atoms with Gasteiger partial charge in [-0.2, -0.15) is 0 Å². The number of hydrogen-bond acceptors (Lipinski definition) is 5. The van der Waals surface area contributed by atoms with Crippen molar-refractivity contribution in [3.63, 3.8) is 0 Å². The van der Waals surface area contributed by atoms with Crippen LogP contribution in [0.1, 0.15) is 87.7 Å². The van der Waals surface area contributed by atoms with Gasteiger partial charge in [-0.15, -0.1) is 10.2 Å². The van der Waals surface area contributed by atoms with E-state index in [1.165, 1.54) is 30.4 Å². The Balaban J connectivity index is 1.24. The molecule has 7 nitrogen and oxygen atoms in total. The summed E-state index contributed by atoms with van der Waals surface area (Å²) in [5, 5.41) is 9.34. The summed E-state index contributed by atoms with van der Waals surface area (Å²) in [4.78, 5) is 22.5. The summed E-state index contributed by atoms with van der Waals surface area (Å²) < 4.78 is 5.60. The summed E-state index contributed by atoms with van der Waals surface area (Å²) in [5.41, 5.74) is 6.00. The second-order valence-electron chi connectivity index (χ2n) is 11.0. The summed E-state index contributed by atoms with van der Waals surface area (Å²) >= 11 is 6.43. The Labute approximate surface area is 210 Å². The zero-order valence-corrected chi connectivity index (χ0v) is 21.1. The molecule has 2 aliphatic carbocycles. The van der Waals surface area contributed by atoms with Gasteiger partial charge in [0.25, 0.3) is 0 Å². The Bertz CT molecular complexity index is 1280. The second-order valence-corrected chi connectivity index (χ2v) is 11.3. The molecule has 2 aromatic heterocycles. The lowest BCUT2D eigenvalue weighted by Crippen LogP contribution is -2.36. The largest absolute Gasteiger partial charge is 0.444 e. The molecule has 2 unspecified atom stereocenters. The van der Waals surface area contributed by atoms with Crippen molar-refractivity contribution in [2.24, 2.45) is 0 Å². The van der Waals surface area contributed by atoms with Crippen LogP contribution < -0.4 is 0 Å². The van der Waals surface area contributed by atoms with Gasteiger partial charge < -0.3 is 9.72 Å². The van der Waals surface area contributed by atoms with Gasteiger partial charge in [-0.3, -0.25) is 4.90 Å². The molecule has 0 radical (unpaired) electrons. The van der Waals surface area contributed by atoms with E-state index >= 15 is 0 Å². The maximum absolute atomic E-state index is 12.7. The van der Waals surface area contributed by atoms with Gasteiger partial charge in [-0.25, -0.2) is 9.78 Å². The molecule has 1 N–H and O–H groups in total. The fourth-order valence-corrected chi connectivity index (χ4v) is 6.31. The molecule has 182 valence electrons. The smallest absolute Gasteiger partial charge is 0.410 e. The molecule has 3 atom stereocenters. The number of fused-ring (bicyclic) bond motifs is 5. The molecule has 3 aromatic rings. The highest BCUT2D eigenvalue weighted by molar-refractivity contribution is 6.30. The van der Waals surface area contributed by atoms with E-state index in [2.05, 4.69) is 44.4 Å². The van der Waals surface area contributed by atoms with Gasteiger partial charge in [0, 0.05) is 17.7 Å². The van der Waals surface area contributed by atoms with Gasteiger partial charge in [0.2, 0.25) is 0 Å². The minimum atomic E-state index is -0.519. The molecule has 2 bridgehead atoms. The number of rotatable bonds is 3. The van der Waals surface area contributed by atoms with Crippen molar-refractivity contribution in [1.29, 1.82) is 0 Å². The predicted molar refractivity (Wildman–Crippen MR) is 134 cm³/mol. The highest BCUT2D eigenvalue weighted by Gasteiger charge is 2.41. The monoisotopic (exact) mass is 491 g/mol. The Morgan fingerprint density at radius 2 is 1.77 bits per heavy atom. The fourth-order valence-electron chi connectivity index (χ4n) is 6.01. The third-order valence-electron chi connectivity index (χ3n) is 7.52. The number of ether oxygens (including phenoxy) is 1. The standard InChI is InChI=1S/C27H30ClN5O2/c1-27(2,3)35-26(34)33-12-4-5-20(33)25-29-14-19(30-25)15-6-8-16(9-7-15)23-21-17-10-11-18(13-17)22(21)24(28)32-31-23/h6-9,14,17-18,20H,4-5,10-13H2,1-3H3,(H,29,30)/t17?,18?,20-/m0/s1. The molecular formula is C27H30ClN5O2. The van der Waals surface area contributed by atoms with Crippen LogP contribution in [0.2, 0.25) is 5.15 Å². The number of carbonyl (C=O) groups is 1. The number of nitrogens with zero attached hydrogens (tertiary/aromatic N) is 4. The van der Waals surface area contributed by atoms with Crippen LogP contribution in [0.15, 0.2) is 30.5 Å². The number of halogens is 1. The van der Waals surface area contributed by atoms with Crippen molar-refractivity contribution in [2.45, 2.75) is 76.4 Å². The topological polar surface area (TPSA) is 84.0 Å². The molecule has 8 heteroatoms. The predicted octanol–water partition coefficient (Wildman–Crippen LogP) is 6.62. The number of benzene rings is 1. The molecule has 1 saturated heterocycles. The van der Waals surface area contributed by atoms with E-state index in [4.69, 9.17) is 16.3 Å². The lowest BCUT2D eigenvalue weighted by atomic mass is 9.90. The fraction of sp³-hybridized carbons (Fsp3) is 0.481. The van der Waals surface area contributed by atoms with Gasteiger partial charge in [-0.05, 0) is 75.8 Å². The minimum absolute atomic E-state index is 0.0970. The van der Waals surface area contributed by atoms with E-state index in [1.807, 2.05) is 27.0 Å². The van der Waals surface area contributed by atoms with Crippen LogP contribution in [-0.2, 0) is 4.74 Å². The first-order valence-electron chi connectivity index (χ1n) is 12.5. The average Bonchev–Trinajstić information content (AvgIpc) is 3.62. The Morgan fingerprint density at radius 3 is 2.51 bits per heavy atom. The number of likely N-dealkylation sites (tertiary alicyclic amines) is 1. The van der Waals surface area contributed by atoms with Crippen LogP contribution in [-0.4, -0.2) is 43.3 Å². The number of nitrogens with one attached hydrogen (secondary N) is 1. The van der Waals surface area contributed by atoms with E-state index in [-0.39, 0.29) is 12.1 Å². The van der Waals surface area contributed by atoms with Crippen molar-refractivity contribution in [1.82, 2.24) is 25.1 Å². The molecule has 1 aliphatic heterocycles. The number of H-pyrrole nitrogens is 1. The first-order valence-corrected chi connectivity index (χ1v) is 12.9. The summed E-state index contributed by atoms with van der Waals surface area (Å²) in [5.74, 6) is 1.88. The highest BCUT2D eigenvalue weighted by Crippen LogP contribution is 2.56. The number of carbonyl (C=O) groups excluding carboxylic acids is 1. The maximum atomic E-state index is 12.7. The van der Waals surface area contributed by atoms with Gasteiger partial charge in [0.15, 0.2) is 5.15 Å². The van der Waals surface area contributed by atoms with E-state index < -0.39 is 5.60 Å². The summed E-state index contributed by atoms with van der Waals surface area (Å²) in [7, 11) is 0. The number of aromatic amines is 1. The van der Waals surface area contributed by atoms with Crippen LogP contribution in [0.3, 0.4) is 0 Å². The normalized spacial score (nSPS) is 23.1. The van der Waals surface area contributed by atoms with Crippen molar-refractivity contribution in [3.05, 3.63) is 52.6 Å². The second kappa shape index (κ2) is 8.33. The quantitative estimate of drug-likeness (QED) is 0.444. The lowest BCUT2D eigenvalue weighted by molar-refractivity contribution is 0.0218. The van der Waals surface area contributed by atoms with E-state index in [9.17, 15) is 4.79 Å². The van der Waals surface area contributed by atoms with Crippen LogP contribution in [0.4, 0.5) is 4.79 Å². The number of amides is 1. The van der Waals surface area contributed by atoms with Crippen molar-refractivity contribution in [3.8, 4) is 22.5 Å². The Hall–Kier alpha value is -2.93. The Kier molecular flexibility index (Phi) is 5.36. The number of aromatic nitrogens is 4. The molecule has 1 saturated carbocycles. The number of imidazole rings is 1. The van der Waals surface area contributed by atoms with Crippen LogP contribution in [0, 0.1) is 0 Å². The molecule has 0 spiro atoms. The molecule has 3 aliphatic rings. The first-order chi connectivity index (χ1) is 16.8.